The molecule has 0 bridgehead atoms. The molecule has 0 aliphatic rings. The van der Waals surface area contributed by atoms with Crippen molar-refractivity contribution in [1.29, 1.82) is 0 Å². The minimum atomic E-state index is 0.0826. The number of guanidine groups is 1. The van der Waals surface area contributed by atoms with Gasteiger partial charge in [0.25, 0.3) is 0 Å². The Morgan fingerprint density at radius 2 is 2.08 bits per heavy atom. The molecule has 24 heavy (non-hydrogen) atoms. The molecule has 0 amide bonds. The Hall–Kier alpha value is -2.07. The molecule has 0 fully saturated rings. The molecule has 0 radical (unpaired) electrons. The predicted molar refractivity (Wildman–Crippen MR) is 102 cm³/mol. The summed E-state index contributed by atoms with van der Waals surface area (Å²) in [4.78, 5) is 8.80. The zero-order valence-electron chi connectivity index (χ0n) is 14.5. The van der Waals surface area contributed by atoms with E-state index >= 15 is 0 Å². The zero-order valence-corrected chi connectivity index (χ0v) is 15.3. The molecule has 1 heterocycles. The fraction of sp³-hybridized carbons (Fsp3) is 0.368. The second kappa shape index (κ2) is 9.28. The van der Waals surface area contributed by atoms with Gasteiger partial charge in [-0.3, -0.25) is 9.98 Å². The van der Waals surface area contributed by atoms with Crippen molar-refractivity contribution in [2.45, 2.75) is 33.2 Å². The molecule has 4 nitrogen and oxygen atoms in total. The van der Waals surface area contributed by atoms with Gasteiger partial charge in [-0.15, -0.1) is 0 Å². The molecule has 0 aliphatic carbocycles. The van der Waals surface area contributed by atoms with E-state index in [9.17, 15) is 0 Å². The minimum absolute atomic E-state index is 0.0826. The van der Waals surface area contributed by atoms with Crippen molar-refractivity contribution in [3.8, 4) is 0 Å². The molecule has 5 heteroatoms. The number of aryl methyl sites for hydroxylation is 1. The summed E-state index contributed by atoms with van der Waals surface area (Å²) in [5, 5.41) is 7.47. The van der Waals surface area contributed by atoms with Gasteiger partial charge in [-0.05, 0) is 56.0 Å². The summed E-state index contributed by atoms with van der Waals surface area (Å²) in [7, 11) is 0. The van der Waals surface area contributed by atoms with Crippen molar-refractivity contribution < 1.29 is 0 Å². The lowest BCUT2D eigenvalue weighted by molar-refractivity contribution is 0.686. The molecule has 0 spiro atoms. The van der Waals surface area contributed by atoms with Gasteiger partial charge in [0, 0.05) is 30.5 Å². The van der Waals surface area contributed by atoms with Crippen LogP contribution >= 0.6 is 11.6 Å². The first-order valence-electron chi connectivity index (χ1n) is 8.30. The second-order valence-corrected chi connectivity index (χ2v) is 6.11. The zero-order chi connectivity index (χ0) is 17.4. The Morgan fingerprint density at radius 1 is 1.29 bits per heavy atom. The first-order chi connectivity index (χ1) is 11.6. The van der Waals surface area contributed by atoms with Crippen molar-refractivity contribution in [3.63, 3.8) is 0 Å². The Balaban J connectivity index is 2.00. The first-order valence-corrected chi connectivity index (χ1v) is 8.68. The van der Waals surface area contributed by atoms with Gasteiger partial charge in [-0.1, -0.05) is 29.8 Å². The van der Waals surface area contributed by atoms with Crippen LogP contribution in [-0.2, 0) is 6.42 Å². The first kappa shape index (κ1) is 18.3. The van der Waals surface area contributed by atoms with Crippen LogP contribution in [0.5, 0.6) is 0 Å². The third-order valence-electron chi connectivity index (χ3n) is 3.86. The van der Waals surface area contributed by atoms with E-state index in [1.807, 2.05) is 36.7 Å². The maximum absolute atomic E-state index is 6.28. The molecular formula is C19H25ClN4. The number of aromatic nitrogens is 1. The van der Waals surface area contributed by atoms with E-state index in [1.54, 1.807) is 0 Å². The third-order valence-corrected chi connectivity index (χ3v) is 4.20. The van der Waals surface area contributed by atoms with Crippen molar-refractivity contribution in [3.05, 3.63) is 64.4 Å². The molecule has 128 valence electrons. The molecular weight excluding hydrogens is 320 g/mol. The molecule has 1 atom stereocenters. The average molecular weight is 345 g/mol. The monoisotopic (exact) mass is 344 g/mol. The molecule has 2 rings (SSSR count). The van der Waals surface area contributed by atoms with Gasteiger partial charge in [0.05, 0.1) is 6.04 Å². The molecule has 1 aromatic carbocycles. The van der Waals surface area contributed by atoms with Crippen LogP contribution in [0.25, 0.3) is 0 Å². The van der Waals surface area contributed by atoms with Crippen LogP contribution in [0.15, 0.2) is 47.7 Å². The van der Waals surface area contributed by atoms with E-state index in [1.165, 1.54) is 11.1 Å². The number of nitrogens with zero attached hydrogens (tertiary/aromatic N) is 2. The third kappa shape index (κ3) is 5.24. The van der Waals surface area contributed by atoms with E-state index in [0.29, 0.717) is 0 Å². The summed E-state index contributed by atoms with van der Waals surface area (Å²) >= 11 is 6.28. The predicted octanol–water partition coefficient (Wildman–Crippen LogP) is 3.90. The highest BCUT2D eigenvalue weighted by molar-refractivity contribution is 6.31. The van der Waals surface area contributed by atoms with Crippen LogP contribution in [0.3, 0.4) is 0 Å². The van der Waals surface area contributed by atoms with E-state index in [2.05, 4.69) is 47.4 Å². The highest BCUT2D eigenvalue weighted by atomic mass is 35.5. The van der Waals surface area contributed by atoms with Crippen LogP contribution in [0.1, 0.15) is 36.6 Å². The van der Waals surface area contributed by atoms with Gasteiger partial charge in [0.15, 0.2) is 5.96 Å². The summed E-state index contributed by atoms with van der Waals surface area (Å²) in [6.07, 6.45) is 4.61. The number of halogens is 1. The summed E-state index contributed by atoms with van der Waals surface area (Å²) < 4.78 is 0. The molecule has 2 aromatic rings. The van der Waals surface area contributed by atoms with Gasteiger partial charge >= 0.3 is 0 Å². The molecule has 0 aliphatic heterocycles. The lowest BCUT2D eigenvalue weighted by atomic mass is 10.1. The summed E-state index contributed by atoms with van der Waals surface area (Å²) in [5.41, 5.74) is 3.55. The van der Waals surface area contributed by atoms with Gasteiger partial charge in [0.1, 0.15) is 0 Å². The number of hydrogen-bond acceptors (Lipinski definition) is 2. The second-order valence-electron chi connectivity index (χ2n) is 5.70. The SMILES string of the molecule is CCNC(=NCCc1ccncc1C)NC(C)c1ccccc1Cl. The number of rotatable bonds is 6. The van der Waals surface area contributed by atoms with Crippen molar-refractivity contribution in [1.82, 2.24) is 15.6 Å². The molecule has 0 saturated carbocycles. The highest BCUT2D eigenvalue weighted by Crippen LogP contribution is 2.21. The number of aliphatic imine (C=N–C) groups is 1. The molecule has 2 N–H and O–H groups in total. The van der Waals surface area contributed by atoms with Crippen molar-refractivity contribution >= 4 is 17.6 Å². The average Bonchev–Trinajstić information content (AvgIpc) is 2.57. The number of benzene rings is 1. The van der Waals surface area contributed by atoms with Gasteiger partial charge in [-0.2, -0.15) is 0 Å². The smallest absolute Gasteiger partial charge is 0.191 e. The highest BCUT2D eigenvalue weighted by Gasteiger charge is 2.10. The minimum Gasteiger partial charge on any atom is -0.357 e. The van der Waals surface area contributed by atoms with E-state index in [-0.39, 0.29) is 6.04 Å². The molecule has 0 saturated heterocycles. The lowest BCUT2D eigenvalue weighted by Gasteiger charge is -2.19. The van der Waals surface area contributed by atoms with E-state index in [4.69, 9.17) is 11.6 Å². The van der Waals surface area contributed by atoms with Gasteiger partial charge in [-0.25, -0.2) is 0 Å². The number of pyridine rings is 1. The fourth-order valence-corrected chi connectivity index (χ4v) is 2.80. The quantitative estimate of drug-likeness (QED) is 0.617. The van der Waals surface area contributed by atoms with Crippen molar-refractivity contribution in [2.24, 2.45) is 4.99 Å². The Morgan fingerprint density at radius 3 is 2.79 bits per heavy atom. The normalized spacial score (nSPS) is 12.8. The Labute approximate surface area is 149 Å². The summed E-state index contributed by atoms with van der Waals surface area (Å²) in [5.74, 6) is 0.802. The number of hydrogen-bond donors (Lipinski definition) is 2. The van der Waals surface area contributed by atoms with Crippen LogP contribution in [0.2, 0.25) is 5.02 Å². The fourth-order valence-electron chi connectivity index (χ4n) is 2.50. The molecule has 1 unspecified atom stereocenters. The molecule has 1 aromatic heterocycles. The van der Waals surface area contributed by atoms with Crippen molar-refractivity contribution in [2.75, 3.05) is 13.1 Å². The van der Waals surface area contributed by atoms with E-state index in [0.717, 1.165) is 36.1 Å². The largest absolute Gasteiger partial charge is 0.357 e. The van der Waals surface area contributed by atoms with Crippen LogP contribution in [-0.4, -0.2) is 24.0 Å². The Bertz CT molecular complexity index is 685. The summed E-state index contributed by atoms with van der Waals surface area (Å²) in [6.45, 7) is 7.76. The van der Waals surface area contributed by atoms with Crippen LogP contribution < -0.4 is 10.6 Å². The lowest BCUT2D eigenvalue weighted by Crippen LogP contribution is -2.39. The standard InChI is InChI=1S/C19H25ClN4/c1-4-22-19(23-12-10-16-9-11-21-13-14(16)2)24-15(3)17-7-5-6-8-18(17)20/h5-9,11,13,15H,4,10,12H2,1-3H3,(H2,22,23,24). The van der Waals surface area contributed by atoms with Crippen LogP contribution in [0, 0.1) is 6.92 Å². The van der Waals surface area contributed by atoms with Crippen LogP contribution in [0.4, 0.5) is 0 Å². The number of nitrogens with one attached hydrogen (secondary N) is 2. The Kier molecular flexibility index (Phi) is 7.07. The van der Waals surface area contributed by atoms with Gasteiger partial charge < -0.3 is 10.6 Å². The topological polar surface area (TPSA) is 49.3 Å². The maximum Gasteiger partial charge on any atom is 0.191 e. The maximum atomic E-state index is 6.28. The van der Waals surface area contributed by atoms with Gasteiger partial charge in [0.2, 0.25) is 0 Å². The van der Waals surface area contributed by atoms with E-state index < -0.39 is 0 Å². The summed E-state index contributed by atoms with van der Waals surface area (Å²) in [6, 6.07) is 10.0.